The molecule has 1 N–H and O–H groups in total. The van der Waals surface area contributed by atoms with Crippen LogP contribution in [-0.4, -0.2) is 34.0 Å². The minimum Gasteiger partial charge on any atom is -0.465 e. The molecule has 0 aliphatic carbocycles. The molecule has 0 radical (unpaired) electrons. The van der Waals surface area contributed by atoms with Crippen molar-refractivity contribution in [3.63, 3.8) is 0 Å². The molecule has 2 atom stereocenters. The highest BCUT2D eigenvalue weighted by molar-refractivity contribution is 14.2. The van der Waals surface area contributed by atoms with Crippen molar-refractivity contribution in [3.05, 3.63) is 59.7 Å². The highest BCUT2D eigenvalue weighted by atomic mass is 127. The maximum absolute atomic E-state index is 12.9. The van der Waals surface area contributed by atoms with Crippen molar-refractivity contribution in [2.24, 2.45) is 0 Å². The van der Waals surface area contributed by atoms with E-state index < -0.39 is 23.5 Å². The van der Waals surface area contributed by atoms with E-state index >= 15 is 0 Å². The lowest BCUT2D eigenvalue weighted by Gasteiger charge is -2.41. The van der Waals surface area contributed by atoms with Gasteiger partial charge in [0.1, 0.15) is 11.5 Å². The zero-order chi connectivity index (χ0) is 18.9. The zero-order valence-corrected chi connectivity index (χ0v) is 17.0. The molecule has 1 aliphatic heterocycles. The number of aliphatic hydroxyl groups is 1. The summed E-state index contributed by atoms with van der Waals surface area (Å²) in [5.41, 5.74) is -1.43. The molecule has 1 aliphatic rings. The number of fused-ring (bicyclic) bond motifs is 1. The normalized spacial score (nSPS) is 22.6. The van der Waals surface area contributed by atoms with Crippen LogP contribution in [-0.2, 0) is 9.53 Å². The molecular weight excluding hydrogens is 469 g/mol. The number of rotatable bonds is 4. The molecule has 0 saturated heterocycles. The van der Waals surface area contributed by atoms with Crippen LogP contribution < -0.4 is 4.74 Å². The zero-order valence-electron chi connectivity index (χ0n) is 14.0. The van der Waals surface area contributed by atoms with Crippen LogP contribution in [0.2, 0.25) is 0 Å². The van der Waals surface area contributed by atoms with Crippen molar-refractivity contribution in [1.82, 2.24) is 4.31 Å². The van der Waals surface area contributed by atoms with Crippen LogP contribution in [0.5, 0.6) is 11.5 Å². The van der Waals surface area contributed by atoms with Crippen molar-refractivity contribution < 1.29 is 24.2 Å². The number of halogens is 1. The summed E-state index contributed by atoms with van der Waals surface area (Å²) >= 11 is 1.92. The van der Waals surface area contributed by atoms with Crippen molar-refractivity contribution in [1.29, 1.82) is 0 Å². The third-order valence-corrected chi connectivity index (χ3v) is 6.23. The molecule has 8 heteroatoms. The third-order valence-electron chi connectivity index (χ3n) is 4.23. The summed E-state index contributed by atoms with van der Waals surface area (Å²) in [6.07, 6.45) is 0. The van der Waals surface area contributed by atoms with E-state index in [1.807, 2.05) is 51.5 Å². The number of para-hydroxylation sites is 1. The number of hydrogen-bond donors (Lipinski definition) is 1. The SMILES string of the molecule is COC(=O)C1(O)C(=O)c2ccc(Oc3ccccc3)cc2C(C)N1SI. The van der Waals surface area contributed by atoms with Crippen molar-refractivity contribution in [2.45, 2.75) is 18.7 Å². The molecule has 1 heterocycles. The number of ketones is 1. The van der Waals surface area contributed by atoms with E-state index in [0.29, 0.717) is 17.1 Å². The maximum atomic E-state index is 12.9. The summed E-state index contributed by atoms with van der Waals surface area (Å²) in [7, 11) is 2.21. The summed E-state index contributed by atoms with van der Waals surface area (Å²) in [6, 6.07) is 13.8. The van der Waals surface area contributed by atoms with E-state index in [4.69, 9.17) is 4.74 Å². The number of methoxy groups -OCH3 is 1. The number of Topliss-reactive ketones (excluding diaryl/α,β-unsaturated/α-hetero) is 1. The van der Waals surface area contributed by atoms with E-state index in [9.17, 15) is 14.7 Å². The molecule has 0 fully saturated rings. The Balaban J connectivity index is 2.04. The van der Waals surface area contributed by atoms with Gasteiger partial charge in [0.15, 0.2) is 0 Å². The average Bonchev–Trinajstić information content (AvgIpc) is 2.66. The van der Waals surface area contributed by atoms with Crippen LogP contribution in [0.3, 0.4) is 0 Å². The predicted molar refractivity (Wildman–Crippen MR) is 106 cm³/mol. The Morgan fingerprint density at radius 1 is 1.23 bits per heavy atom. The molecule has 26 heavy (non-hydrogen) atoms. The number of ether oxygens (including phenoxy) is 2. The van der Waals surface area contributed by atoms with Gasteiger partial charge in [-0.1, -0.05) is 18.2 Å². The van der Waals surface area contributed by atoms with Crippen molar-refractivity contribution >= 4 is 42.1 Å². The monoisotopic (exact) mass is 485 g/mol. The Bertz CT molecular complexity index is 847. The van der Waals surface area contributed by atoms with E-state index in [0.717, 1.165) is 16.2 Å². The van der Waals surface area contributed by atoms with Crippen LogP contribution in [0.15, 0.2) is 48.5 Å². The molecule has 0 saturated carbocycles. The number of benzene rings is 2. The maximum Gasteiger partial charge on any atom is 0.363 e. The Kier molecular flexibility index (Phi) is 5.56. The lowest BCUT2D eigenvalue weighted by Crippen LogP contribution is -2.61. The van der Waals surface area contributed by atoms with Crippen molar-refractivity contribution in [2.75, 3.05) is 7.11 Å². The molecule has 2 aromatic carbocycles. The fourth-order valence-electron chi connectivity index (χ4n) is 2.91. The average molecular weight is 485 g/mol. The molecule has 0 bridgehead atoms. The van der Waals surface area contributed by atoms with E-state index in [1.54, 1.807) is 25.1 Å². The number of carbonyl (C=O) groups excluding carboxylic acids is 2. The van der Waals surface area contributed by atoms with Gasteiger partial charge in [0.2, 0.25) is 5.78 Å². The van der Waals surface area contributed by atoms with E-state index in [2.05, 4.69) is 4.74 Å². The molecular formula is C18H16INO5S. The molecule has 2 aromatic rings. The van der Waals surface area contributed by atoms with Gasteiger partial charge in [0, 0.05) is 32.8 Å². The third kappa shape index (κ3) is 3.11. The Hall–Kier alpha value is -1.62. The lowest BCUT2D eigenvalue weighted by molar-refractivity contribution is -0.169. The van der Waals surface area contributed by atoms with Gasteiger partial charge < -0.3 is 14.6 Å². The van der Waals surface area contributed by atoms with Crippen LogP contribution in [0.4, 0.5) is 0 Å². The molecule has 2 unspecified atom stereocenters. The Morgan fingerprint density at radius 2 is 1.92 bits per heavy atom. The van der Waals surface area contributed by atoms with Gasteiger partial charge in [-0.2, -0.15) is 4.31 Å². The predicted octanol–water partition coefficient (Wildman–Crippen LogP) is 3.90. The number of nitrogens with zero attached hydrogens (tertiary/aromatic N) is 1. The van der Waals surface area contributed by atoms with Gasteiger partial charge in [0.25, 0.3) is 5.72 Å². The van der Waals surface area contributed by atoms with Crippen LogP contribution in [0.25, 0.3) is 0 Å². The second-order valence-electron chi connectivity index (χ2n) is 5.73. The highest BCUT2D eigenvalue weighted by Crippen LogP contribution is 2.45. The number of carbonyl (C=O) groups is 2. The van der Waals surface area contributed by atoms with Crippen LogP contribution >= 0.6 is 30.3 Å². The lowest BCUT2D eigenvalue weighted by atomic mass is 9.87. The second-order valence-corrected chi connectivity index (χ2v) is 7.44. The first-order valence-corrected chi connectivity index (χ1v) is 11.1. The molecule has 136 valence electrons. The first-order chi connectivity index (χ1) is 12.4. The fraction of sp³-hybridized carbons (Fsp3) is 0.222. The Morgan fingerprint density at radius 3 is 2.54 bits per heavy atom. The largest absolute Gasteiger partial charge is 0.465 e. The fourth-order valence-corrected chi connectivity index (χ4v) is 5.28. The quantitative estimate of drug-likeness (QED) is 0.305. The summed E-state index contributed by atoms with van der Waals surface area (Å²) in [6.45, 7) is 1.80. The Labute approximate surface area is 167 Å². The first kappa shape index (κ1) is 19.2. The molecule has 0 amide bonds. The van der Waals surface area contributed by atoms with Gasteiger partial charge in [-0.3, -0.25) is 4.79 Å². The van der Waals surface area contributed by atoms with E-state index in [-0.39, 0.29) is 5.56 Å². The minimum absolute atomic E-state index is 0.271. The highest BCUT2D eigenvalue weighted by Gasteiger charge is 2.57. The smallest absolute Gasteiger partial charge is 0.363 e. The molecule has 0 spiro atoms. The molecule has 0 aromatic heterocycles. The minimum atomic E-state index is -2.37. The van der Waals surface area contributed by atoms with Crippen molar-refractivity contribution in [3.8, 4) is 11.5 Å². The topological polar surface area (TPSA) is 76.1 Å². The van der Waals surface area contributed by atoms with E-state index in [1.165, 1.54) is 4.31 Å². The standard InChI is InChI=1S/C18H16INO5S/c1-11-15-10-13(25-12-6-4-3-5-7-12)8-9-14(15)16(21)18(23,17(22)24-2)20(11)26-19/h3-11,23H,1-2H3. The van der Waals surface area contributed by atoms with Gasteiger partial charge in [0.05, 0.1) is 7.11 Å². The van der Waals surface area contributed by atoms with Gasteiger partial charge in [-0.25, -0.2) is 4.79 Å². The number of esters is 1. The second kappa shape index (κ2) is 7.55. The van der Waals surface area contributed by atoms with Gasteiger partial charge >= 0.3 is 5.97 Å². The summed E-state index contributed by atoms with van der Waals surface area (Å²) in [5.74, 6) is -0.480. The van der Waals surface area contributed by atoms with Gasteiger partial charge in [-0.15, -0.1) is 0 Å². The summed E-state index contributed by atoms with van der Waals surface area (Å²) < 4.78 is 11.8. The summed E-state index contributed by atoms with van der Waals surface area (Å²) in [4.78, 5) is 25.0. The summed E-state index contributed by atoms with van der Waals surface area (Å²) in [5, 5.41) is 10.8. The number of hydrogen-bond acceptors (Lipinski definition) is 7. The van der Waals surface area contributed by atoms with Gasteiger partial charge in [-0.05, 0) is 51.9 Å². The van der Waals surface area contributed by atoms with Crippen LogP contribution in [0, 0.1) is 0 Å². The molecule has 6 nitrogen and oxygen atoms in total. The molecule has 3 rings (SSSR count). The first-order valence-electron chi connectivity index (χ1n) is 7.74. The van der Waals surface area contributed by atoms with Crippen LogP contribution in [0.1, 0.15) is 28.9 Å².